The van der Waals surface area contributed by atoms with E-state index in [-0.39, 0.29) is 29.6 Å². The van der Waals surface area contributed by atoms with Crippen LogP contribution in [0.5, 0.6) is 0 Å². The summed E-state index contributed by atoms with van der Waals surface area (Å²) in [5.41, 5.74) is 1.25. The minimum atomic E-state index is 0. The molecule has 62 valence electrons. The molecule has 1 heterocycles. The Bertz CT molecular complexity index is 368. The first kappa shape index (κ1) is 11.3. The van der Waals surface area contributed by atoms with Gasteiger partial charge in [-0.15, -0.1) is 24.0 Å². The summed E-state index contributed by atoms with van der Waals surface area (Å²) in [6, 6.07) is 12.4. The average molecular weight is 216 g/mol. The van der Waals surface area contributed by atoms with Crippen molar-refractivity contribution in [2.24, 2.45) is 0 Å². The van der Waals surface area contributed by atoms with E-state index >= 15 is 0 Å². The van der Waals surface area contributed by atoms with Gasteiger partial charge >= 0.3 is 29.6 Å². The molecule has 0 bridgehead atoms. The van der Waals surface area contributed by atoms with E-state index in [2.05, 4.69) is 42.3 Å². The van der Waals surface area contributed by atoms with Crippen molar-refractivity contribution in [3.05, 3.63) is 41.8 Å². The molecule has 0 atom stereocenters. The van der Waals surface area contributed by atoms with Crippen molar-refractivity contribution < 1.29 is 0 Å². The molecule has 0 amide bonds. The summed E-state index contributed by atoms with van der Waals surface area (Å²) in [5, 5.41) is 2.08. The van der Waals surface area contributed by atoms with E-state index < -0.39 is 0 Å². The summed E-state index contributed by atoms with van der Waals surface area (Å²) >= 11 is 6.04. The standard InChI is InChI=1S/C10H8S2.Na.H/c11-9-4-1-3-8(7-9)10-5-2-6-12-10;;/h1-7,11H;;. The third-order valence-electron chi connectivity index (χ3n) is 1.65. The second kappa shape index (κ2) is 5.23. The summed E-state index contributed by atoms with van der Waals surface area (Å²) in [6.45, 7) is 0. The zero-order chi connectivity index (χ0) is 8.39. The molecule has 0 aliphatic rings. The Morgan fingerprint density at radius 1 is 1.08 bits per heavy atom. The molecule has 0 spiro atoms. The minimum absolute atomic E-state index is 0. The van der Waals surface area contributed by atoms with Gasteiger partial charge in [-0.1, -0.05) is 18.2 Å². The third-order valence-corrected chi connectivity index (χ3v) is 2.85. The van der Waals surface area contributed by atoms with Crippen LogP contribution >= 0.6 is 24.0 Å². The number of thiophene rings is 1. The number of hydrogen-bond donors (Lipinski definition) is 1. The van der Waals surface area contributed by atoms with Gasteiger partial charge in [-0.2, -0.15) is 0 Å². The fourth-order valence-corrected chi connectivity index (χ4v) is 2.05. The van der Waals surface area contributed by atoms with Crippen LogP contribution < -0.4 is 0 Å². The van der Waals surface area contributed by atoms with E-state index in [1.165, 1.54) is 10.4 Å². The first-order chi connectivity index (χ1) is 5.86. The molecule has 0 aliphatic carbocycles. The predicted octanol–water partition coefficient (Wildman–Crippen LogP) is 3.06. The normalized spacial score (nSPS) is 9.31. The van der Waals surface area contributed by atoms with Crippen LogP contribution in [0.2, 0.25) is 0 Å². The molecule has 0 saturated heterocycles. The molecule has 3 heteroatoms. The molecule has 0 unspecified atom stereocenters. The van der Waals surface area contributed by atoms with Crippen LogP contribution in [0.1, 0.15) is 0 Å². The first-order valence-corrected chi connectivity index (χ1v) is 5.02. The Kier molecular flexibility index (Phi) is 4.56. The van der Waals surface area contributed by atoms with Crippen LogP contribution in [-0.2, 0) is 0 Å². The van der Waals surface area contributed by atoms with Crippen LogP contribution in [0, 0.1) is 0 Å². The summed E-state index contributed by atoms with van der Waals surface area (Å²) in [6.07, 6.45) is 0. The molecule has 0 aliphatic heterocycles. The number of rotatable bonds is 1. The Hall–Kier alpha value is 0.270. The fraction of sp³-hybridized carbons (Fsp3) is 0. The number of benzene rings is 1. The van der Waals surface area contributed by atoms with Gasteiger partial charge < -0.3 is 0 Å². The first-order valence-electron chi connectivity index (χ1n) is 3.69. The fourth-order valence-electron chi connectivity index (χ4n) is 1.10. The van der Waals surface area contributed by atoms with Gasteiger partial charge in [-0.05, 0) is 29.1 Å². The van der Waals surface area contributed by atoms with Gasteiger partial charge in [-0.3, -0.25) is 0 Å². The van der Waals surface area contributed by atoms with Crippen molar-refractivity contribution in [2.75, 3.05) is 0 Å². The van der Waals surface area contributed by atoms with Gasteiger partial charge in [0, 0.05) is 9.77 Å². The van der Waals surface area contributed by atoms with Crippen molar-refractivity contribution in [2.45, 2.75) is 4.90 Å². The molecule has 0 saturated carbocycles. The van der Waals surface area contributed by atoms with E-state index in [0.717, 1.165) is 4.90 Å². The zero-order valence-electron chi connectivity index (χ0n) is 6.40. The van der Waals surface area contributed by atoms with Crippen LogP contribution in [0.4, 0.5) is 0 Å². The topological polar surface area (TPSA) is 0 Å². The van der Waals surface area contributed by atoms with Crippen LogP contribution in [0.25, 0.3) is 10.4 Å². The maximum atomic E-state index is 4.29. The van der Waals surface area contributed by atoms with Gasteiger partial charge in [0.2, 0.25) is 0 Å². The predicted molar refractivity (Wildman–Crippen MR) is 64.2 cm³/mol. The van der Waals surface area contributed by atoms with Gasteiger partial charge in [0.05, 0.1) is 0 Å². The second-order valence-corrected chi connectivity index (χ2v) is 3.99. The Balaban J connectivity index is 0.000000845. The molecule has 0 nitrogen and oxygen atoms in total. The van der Waals surface area contributed by atoms with Gasteiger partial charge in [0.1, 0.15) is 0 Å². The van der Waals surface area contributed by atoms with Gasteiger partial charge in [-0.25, -0.2) is 0 Å². The quantitative estimate of drug-likeness (QED) is 0.549. The Morgan fingerprint density at radius 2 is 1.92 bits per heavy atom. The summed E-state index contributed by atoms with van der Waals surface area (Å²) in [5.74, 6) is 0. The summed E-state index contributed by atoms with van der Waals surface area (Å²) < 4.78 is 0. The van der Waals surface area contributed by atoms with Gasteiger partial charge in [0.25, 0.3) is 0 Å². The molecule has 0 radical (unpaired) electrons. The molecule has 2 aromatic rings. The maximum absolute atomic E-state index is 4.29. The monoisotopic (exact) mass is 216 g/mol. The molecular formula is C10H9NaS2. The molecule has 13 heavy (non-hydrogen) atoms. The molecule has 1 aromatic carbocycles. The number of hydrogen-bond acceptors (Lipinski definition) is 2. The third kappa shape index (κ3) is 2.86. The summed E-state index contributed by atoms with van der Waals surface area (Å²) in [7, 11) is 0. The summed E-state index contributed by atoms with van der Waals surface area (Å²) in [4.78, 5) is 2.31. The van der Waals surface area contributed by atoms with Crippen LogP contribution in [0.15, 0.2) is 46.7 Å². The molecule has 1 aromatic heterocycles. The second-order valence-electron chi connectivity index (χ2n) is 2.53. The van der Waals surface area contributed by atoms with Crippen LogP contribution in [-0.4, -0.2) is 29.6 Å². The SMILES string of the molecule is Sc1cccc(-c2cccs2)c1.[NaH]. The molecule has 2 rings (SSSR count). The van der Waals surface area contributed by atoms with Crippen molar-refractivity contribution in [3.8, 4) is 10.4 Å². The van der Waals surface area contributed by atoms with Crippen molar-refractivity contribution in [1.82, 2.24) is 0 Å². The Morgan fingerprint density at radius 3 is 2.54 bits per heavy atom. The zero-order valence-corrected chi connectivity index (χ0v) is 8.11. The Labute approximate surface area is 110 Å². The molecule has 0 fully saturated rings. The van der Waals surface area contributed by atoms with E-state index in [1.54, 1.807) is 11.3 Å². The van der Waals surface area contributed by atoms with E-state index in [0.29, 0.717) is 0 Å². The van der Waals surface area contributed by atoms with Crippen molar-refractivity contribution in [3.63, 3.8) is 0 Å². The van der Waals surface area contributed by atoms with E-state index in [1.807, 2.05) is 12.1 Å². The van der Waals surface area contributed by atoms with Gasteiger partial charge in [0.15, 0.2) is 0 Å². The average Bonchev–Trinajstić information content (AvgIpc) is 2.56. The molecular weight excluding hydrogens is 207 g/mol. The van der Waals surface area contributed by atoms with E-state index in [4.69, 9.17) is 0 Å². The molecule has 0 N–H and O–H groups in total. The van der Waals surface area contributed by atoms with E-state index in [9.17, 15) is 0 Å². The van der Waals surface area contributed by atoms with Crippen molar-refractivity contribution >= 4 is 53.5 Å². The number of thiol groups is 1. The van der Waals surface area contributed by atoms with Crippen molar-refractivity contribution in [1.29, 1.82) is 0 Å². The van der Waals surface area contributed by atoms with Crippen LogP contribution in [0.3, 0.4) is 0 Å².